The Kier molecular flexibility index (Phi) is 2.64. The number of benzene rings is 1. The number of rotatable bonds is 2. The second-order valence-electron chi connectivity index (χ2n) is 4.76. The number of fused-ring (bicyclic) bond motifs is 1. The van der Waals surface area contributed by atoms with Crippen LogP contribution in [0.25, 0.3) is 5.57 Å². The van der Waals surface area contributed by atoms with E-state index in [9.17, 15) is 0 Å². The van der Waals surface area contributed by atoms with Crippen LogP contribution in [0.2, 0.25) is 0 Å². The summed E-state index contributed by atoms with van der Waals surface area (Å²) < 4.78 is 0. The number of allylic oxidation sites excluding steroid dienone is 8. The lowest BCUT2D eigenvalue weighted by Crippen LogP contribution is -2.04. The second kappa shape index (κ2) is 4.30. The van der Waals surface area contributed by atoms with Gasteiger partial charge in [0.15, 0.2) is 0 Å². The first-order valence-corrected chi connectivity index (χ1v) is 6.30. The molecule has 0 saturated carbocycles. The van der Waals surface area contributed by atoms with Gasteiger partial charge in [-0.05, 0) is 46.3 Å². The van der Waals surface area contributed by atoms with Gasteiger partial charge >= 0.3 is 0 Å². The fourth-order valence-electron chi connectivity index (χ4n) is 2.62. The molecule has 0 amide bonds. The summed E-state index contributed by atoms with van der Waals surface area (Å²) in [5.74, 6) is 0. The monoisotopic (exact) mass is 232 g/mol. The fraction of sp³-hybridized carbons (Fsp3) is 0.111. The molecule has 0 aromatic heterocycles. The summed E-state index contributed by atoms with van der Waals surface area (Å²) in [4.78, 5) is 0. The van der Waals surface area contributed by atoms with Crippen molar-refractivity contribution < 1.29 is 0 Å². The maximum atomic E-state index is 4.25. The molecule has 0 N–H and O–H groups in total. The van der Waals surface area contributed by atoms with Gasteiger partial charge in [0, 0.05) is 0 Å². The Morgan fingerprint density at radius 1 is 1.11 bits per heavy atom. The van der Waals surface area contributed by atoms with E-state index in [1.807, 2.05) is 0 Å². The van der Waals surface area contributed by atoms with Crippen molar-refractivity contribution in [2.75, 3.05) is 0 Å². The molecule has 0 heteroatoms. The summed E-state index contributed by atoms with van der Waals surface area (Å²) in [6.07, 6.45) is 10.6. The van der Waals surface area contributed by atoms with Gasteiger partial charge in [0.2, 0.25) is 0 Å². The van der Waals surface area contributed by atoms with E-state index in [2.05, 4.69) is 61.7 Å². The predicted molar refractivity (Wildman–Crippen MR) is 78.2 cm³/mol. The van der Waals surface area contributed by atoms with E-state index in [1.165, 1.54) is 22.3 Å². The smallest absolute Gasteiger partial charge is 0.00819 e. The molecule has 0 bridgehead atoms. The SMILES string of the molecule is C=C(C1=CC=CC1)C1=CCc2ccccc2C1=C. The molecule has 2 aliphatic carbocycles. The third kappa shape index (κ3) is 1.70. The van der Waals surface area contributed by atoms with E-state index in [4.69, 9.17) is 0 Å². The average Bonchev–Trinajstić information content (AvgIpc) is 2.93. The average molecular weight is 232 g/mol. The summed E-state index contributed by atoms with van der Waals surface area (Å²) in [7, 11) is 0. The van der Waals surface area contributed by atoms with Crippen LogP contribution >= 0.6 is 0 Å². The van der Waals surface area contributed by atoms with Crippen molar-refractivity contribution in [1.29, 1.82) is 0 Å². The van der Waals surface area contributed by atoms with Gasteiger partial charge < -0.3 is 0 Å². The lowest BCUT2D eigenvalue weighted by Gasteiger charge is -2.22. The van der Waals surface area contributed by atoms with Crippen LogP contribution in [-0.4, -0.2) is 0 Å². The first-order chi connectivity index (χ1) is 8.77. The van der Waals surface area contributed by atoms with Crippen molar-refractivity contribution in [1.82, 2.24) is 0 Å². The number of hydrogen-bond donors (Lipinski definition) is 0. The van der Waals surface area contributed by atoms with Gasteiger partial charge in [-0.15, -0.1) is 0 Å². The highest BCUT2D eigenvalue weighted by Gasteiger charge is 2.18. The van der Waals surface area contributed by atoms with Crippen molar-refractivity contribution in [3.05, 3.63) is 89.6 Å². The standard InChI is InChI=1S/C18H16/c1-13(15-7-3-4-8-15)17-12-11-16-9-5-6-10-18(16)14(17)2/h3-7,9-10,12H,1-2,8,11H2. The maximum absolute atomic E-state index is 4.25. The molecule has 88 valence electrons. The first kappa shape index (κ1) is 11.0. The Bertz CT molecular complexity index is 621. The molecule has 0 spiro atoms. The highest BCUT2D eigenvalue weighted by atomic mass is 14.2. The van der Waals surface area contributed by atoms with Crippen molar-refractivity contribution in [3.63, 3.8) is 0 Å². The molecule has 0 fully saturated rings. The predicted octanol–water partition coefficient (Wildman–Crippen LogP) is 4.62. The Morgan fingerprint density at radius 3 is 2.72 bits per heavy atom. The second-order valence-corrected chi connectivity index (χ2v) is 4.76. The van der Waals surface area contributed by atoms with Crippen molar-refractivity contribution in [3.8, 4) is 0 Å². The third-order valence-corrected chi connectivity index (χ3v) is 3.68. The molecule has 0 unspecified atom stereocenters. The molecule has 1 aromatic carbocycles. The van der Waals surface area contributed by atoms with Crippen molar-refractivity contribution >= 4 is 5.57 Å². The summed E-state index contributed by atoms with van der Waals surface area (Å²) in [6.45, 7) is 8.50. The molecule has 0 saturated heterocycles. The summed E-state index contributed by atoms with van der Waals surface area (Å²) in [6, 6.07) is 8.49. The zero-order valence-electron chi connectivity index (χ0n) is 10.4. The van der Waals surface area contributed by atoms with E-state index >= 15 is 0 Å². The number of hydrogen-bond acceptors (Lipinski definition) is 0. The quantitative estimate of drug-likeness (QED) is 0.697. The largest absolute Gasteiger partial charge is 0.0909 e. The molecular formula is C18H16. The van der Waals surface area contributed by atoms with Crippen LogP contribution in [0.1, 0.15) is 17.5 Å². The molecule has 0 nitrogen and oxygen atoms in total. The lowest BCUT2D eigenvalue weighted by molar-refractivity contribution is 1.18. The summed E-state index contributed by atoms with van der Waals surface area (Å²) in [5.41, 5.74) is 7.37. The minimum Gasteiger partial charge on any atom is -0.0909 e. The Balaban J connectivity index is 1.95. The molecule has 0 heterocycles. The van der Waals surface area contributed by atoms with Gasteiger partial charge in [-0.25, -0.2) is 0 Å². The van der Waals surface area contributed by atoms with Gasteiger partial charge in [0.1, 0.15) is 0 Å². The van der Waals surface area contributed by atoms with E-state index in [-0.39, 0.29) is 0 Å². The van der Waals surface area contributed by atoms with E-state index in [1.54, 1.807) is 0 Å². The van der Waals surface area contributed by atoms with E-state index in [0.29, 0.717) is 0 Å². The van der Waals surface area contributed by atoms with Crippen LogP contribution in [-0.2, 0) is 6.42 Å². The Morgan fingerprint density at radius 2 is 1.94 bits per heavy atom. The van der Waals surface area contributed by atoms with Gasteiger partial charge in [-0.1, -0.05) is 61.7 Å². The zero-order valence-corrected chi connectivity index (χ0v) is 10.4. The molecule has 1 aromatic rings. The maximum Gasteiger partial charge on any atom is -0.00819 e. The summed E-state index contributed by atoms with van der Waals surface area (Å²) >= 11 is 0. The molecule has 18 heavy (non-hydrogen) atoms. The van der Waals surface area contributed by atoms with Gasteiger partial charge in [-0.3, -0.25) is 0 Å². The van der Waals surface area contributed by atoms with Crippen LogP contribution in [0, 0.1) is 0 Å². The fourth-order valence-corrected chi connectivity index (χ4v) is 2.62. The van der Waals surface area contributed by atoms with Gasteiger partial charge in [-0.2, -0.15) is 0 Å². The molecular weight excluding hydrogens is 216 g/mol. The van der Waals surface area contributed by atoms with Crippen molar-refractivity contribution in [2.24, 2.45) is 0 Å². The zero-order chi connectivity index (χ0) is 12.5. The topological polar surface area (TPSA) is 0 Å². The highest BCUT2D eigenvalue weighted by molar-refractivity contribution is 5.87. The minimum absolute atomic E-state index is 0.976. The van der Waals surface area contributed by atoms with Crippen LogP contribution in [0.15, 0.2) is 78.4 Å². The van der Waals surface area contributed by atoms with Crippen LogP contribution < -0.4 is 0 Å². The highest BCUT2D eigenvalue weighted by Crippen LogP contribution is 2.37. The van der Waals surface area contributed by atoms with E-state index < -0.39 is 0 Å². The van der Waals surface area contributed by atoms with Crippen LogP contribution in [0.3, 0.4) is 0 Å². The Labute approximate surface area is 108 Å². The summed E-state index contributed by atoms with van der Waals surface area (Å²) in [5, 5.41) is 0. The first-order valence-electron chi connectivity index (χ1n) is 6.30. The normalized spacial score (nSPS) is 17.2. The van der Waals surface area contributed by atoms with Crippen LogP contribution in [0.4, 0.5) is 0 Å². The van der Waals surface area contributed by atoms with Crippen molar-refractivity contribution in [2.45, 2.75) is 12.8 Å². The third-order valence-electron chi connectivity index (χ3n) is 3.68. The minimum atomic E-state index is 0.976. The Hall–Kier alpha value is -2.08. The molecule has 0 radical (unpaired) electrons. The molecule has 3 rings (SSSR count). The molecule has 0 aliphatic heterocycles. The molecule has 0 atom stereocenters. The molecule has 2 aliphatic rings. The van der Waals surface area contributed by atoms with Gasteiger partial charge in [0.05, 0.1) is 0 Å². The van der Waals surface area contributed by atoms with E-state index in [0.717, 1.165) is 24.0 Å². The van der Waals surface area contributed by atoms with Gasteiger partial charge in [0.25, 0.3) is 0 Å². The lowest BCUT2D eigenvalue weighted by atomic mass is 9.82. The van der Waals surface area contributed by atoms with Crippen LogP contribution in [0.5, 0.6) is 0 Å².